The average molecular weight is 971 g/mol. The van der Waals surface area contributed by atoms with E-state index in [0.29, 0.717) is 24.3 Å². The van der Waals surface area contributed by atoms with Gasteiger partial charge in [-0.05, 0) is 87.8 Å². The third-order valence-corrected chi connectivity index (χ3v) is 14.6. The van der Waals surface area contributed by atoms with Gasteiger partial charge in [-0.1, -0.05) is 13.8 Å². The summed E-state index contributed by atoms with van der Waals surface area (Å²) in [5, 5.41) is 2.33. The minimum absolute atomic E-state index is 0.0622. The smallest absolute Gasteiger partial charge is 0.347 e. The zero-order valence-electron chi connectivity index (χ0n) is 37.0. The number of carbonyl (C=O) groups excluding carboxylic acids is 9. The number of esters is 8. The molecule has 0 spiro atoms. The fraction of sp³-hybridized carbons (Fsp3) is 0.658. The van der Waals surface area contributed by atoms with E-state index < -0.39 is 138 Å². The first kappa shape index (κ1) is 54.9. The van der Waals surface area contributed by atoms with Gasteiger partial charge in [0, 0.05) is 18.0 Å². The van der Waals surface area contributed by atoms with Crippen LogP contribution in [0.2, 0.25) is 0 Å². The quantitative estimate of drug-likeness (QED) is 0.121. The number of rotatable bonds is 22. The maximum absolute atomic E-state index is 13.1. The molecule has 1 aliphatic heterocycles. The molecule has 1 aromatic heterocycles. The first-order valence-electron chi connectivity index (χ1n) is 19.9. The van der Waals surface area contributed by atoms with Crippen LogP contribution in [0.4, 0.5) is 0 Å². The van der Waals surface area contributed by atoms with Gasteiger partial charge in [0.25, 0.3) is 15.9 Å². The van der Waals surface area contributed by atoms with E-state index in [1.165, 1.54) is 19.9 Å². The largest absolute Gasteiger partial charge is 0.451 e. The SMILES string of the molecule is CCCC(=O)O[C@@H](C)C(=O)O[C@@H](C)C(=O)O[C@@H](C)C(=O)O[C@@H](C)C(=O)O[C@@H](C)C(=O)O[C@@H](C)C(=O)O[C@@H](C)C(=O)O[C@@H](C)C(=O)NS(=O)(=O)c1cc2c(s1)S(=O)(=O)[C@@H](C)C[C@@H]2NCC. The second-order valence-electron chi connectivity index (χ2n) is 14.4. The lowest BCUT2D eigenvalue weighted by Gasteiger charge is -2.27. The lowest BCUT2D eigenvalue weighted by atomic mass is 10.1. The van der Waals surface area contributed by atoms with Crippen molar-refractivity contribution in [1.29, 1.82) is 0 Å². The zero-order chi connectivity index (χ0) is 49.0. The van der Waals surface area contributed by atoms with Crippen molar-refractivity contribution >= 4 is 84.9 Å². The summed E-state index contributed by atoms with van der Waals surface area (Å²) in [6, 6.07) is 0.718. The number of nitrogens with one attached hydrogen (secondary N) is 2. The molecule has 0 aromatic carbocycles. The van der Waals surface area contributed by atoms with Crippen LogP contribution in [0.1, 0.15) is 107 Å². The minimum atomic E-state index is -4.64. The predicted octanol–water partition coefficient (Wildman–Crippen LogP) is 1.02. The number of hydrogen-bond donors (Lipinski definition) is 2. The Bertz CT molecular complexity index is 2150. The summed E-state index contributed by atoms with van der Waals surface area (Å²) in [7, 11) is -8.47. The number of hydrogen-bond acceptors (Lipinski definition) is 23. The Morgan fingerprint density at radius 2 is 0.969 bits per heavy atom. The van der Waals surface area contributed by atoms with E-state index in [0.717, 1.165) is 48.5 Å². The van der Waals surface area contributed by atoms with Gasteiger partial charge in [0.05, 0.1) is 5.25 Å². The van der Waals surface area contributed by atoms with Crippen molar-refractivity contribution in [2.24, 2.45) is 0 Å². The van der Waals surface area contributed by atoms with Crippen LogP contribution < -0.4 is 10.0 Å². The summed E-state index contributed by atoms with van der Waals surface area (Å²) in [4.78, 5) is 112. The fourth-order valence-electron chi connectivity index (χ4n) is 5.18. The van der Waals surface area contributed by atoms with Gasteiger partial charge in [-0.15, -0.1) is 11.3 Å². The van der Waals surface area contributed by atoms with E-state index in [1.807, 2.05) is 0 Å². The molecule has 0 saturated heterocycles. The van der Waals surface area contributed by atoms with Crippen molar-refractivity contribution in [3.8, 4) is 0 Å². The number of amides is 1. The Kier molecular flexibility index (Phi) is 20.3. The molecule has 2 heterocycles. The van der Waals surface area contributed by atoms with Crippen LogP contribution in [0.15, 0.2) is 14.5 Å². The van der Waals surface area contributed by atoms with E-state index in [-0.39, 0.29) is 22.6 Å². The highest BCUT2D eigenvalue weighted by molar-refractivity contribution is 7.95. The standard InChI is InChI=1S/C38H54N2O21S3/c1-12-14-28(41)54-19(5)31(43)56-21(7)33(45)58-23(9)35(47)60-25(11)37(49)61-24(10)36(48)59-22(8)34(46)57-20(6)32(44)55-18(4)30(42)40-64(52,53)29-16-26-27(39-13-2)15-17(3)63(50,51)38(26)62-29/h16-25,27,39H,12-15H2,1-11H3,(H,40,42)/t17-,18-,19-,20-,21-,22-,23-,24-,25-,27-/m0/s1. The molecule has 1 amide bonds. The van der Waals surface area contributed by atoms with Crippen molar-refractivity contribution in [2.45, 2.75) is 164 Å². The normalized spacial score (nSPS) is 19.2. The van der Waals surface area contributed by atoms with Crippen LogP contribution in [0, 0.1) is 0 Å². The Morgan fingerprint density at radius 3 is 1.31 bits per heavy atom. The Hall–Kier alpha value is -5.21. The molecule has 0 unspecified atom stereocenters. The second-order valence-corrected chi connectivity index (χ2v) is 19.9. The molecule has 26 heteroatoms. The summed E-state index contributed by atoms with van der Waals surface area (Å²) in [5.41, 5.74) is 0.251. The van der Waals surface area contributed by atoms with E-state index in [9.17, 15) is 60.0 Å². The van der Waals surface area contributed by atoms with Crippen LogP contribution >= 0.6 is 11.3 Å². The van der Waals surface area contributed by atoms with Crippen LogP contribution in [-0.2, 0) is 101 Å². The summed E-state index contributed by atoms with van der Waals surface area (Å²) < 4.78 is 92.6. The predicted molar refractivity (Wildman–Crippen MR) is 217 cm³/mol. The fourth-order valence-corrected chi connectivity index (χ4v) is 10.2. The maximum Gasteiger partial charge on any atom is 0.347 e. The summed E-state index contributed by atoms with van der Waals surface area (Å²) in [6.07, 6.45) is -12.3. The van der Waals surface area contributed by atoms with Gasteiger partial charge in [0.1, 0.15) is 8.42 Å². The molecular weight excluding hydrogens is 917 g/mol. The third kappa shape index (κ3) is 15.2. The summed E-state index contributed by atoms with van der Waals surface area (Å²) in [5.74, 6) is -10.6. The highest BCUT2D eigenvalue weighted by Crippen LogP contribution is 2.42. The van der Waals surface area contributed by atoms with Gasteiger partial charge in [0.15, 0.2) is 58.7 Å². The van der Waals surface area contributed by atoms with Crippen molar-refractivity contribution in [1.82, 2.24) is 10.0 Å². The van der Waals surface area contributed by atoms with Crippen molar-refractivity contribution in [2.75, 3.05) is 6.54 Å². The van der Waals surface area contributed by atoms with Gasteiger partial charge in [-0.3, -0.25) is 9.59 Å². The van der Waals surface area contributed by atoms with Gasteiger partial charge in [-0.25, -0.2) is 55.1 Å². The first-order valence-corrected chi connectivity index (χ1v) is 23.7. The topological polar surface area (TPSA) is 320 Å². The second kappa shape index (κ2) is 23.6. The van der Waals surface area contributed by atoms with E-state index in [2.05, 4.69) is 5.32 Å². The molecule has 2 N–H and O–H groups in total. The van der Waals surface area contributed by atoms with E-state index in [4.69, 9.17) is 37.9 Å². The van der Waals surface area contributed by atoms with Crippen molar-refractivity contribution in [3.63, 3.8) is 0 Å². The Balaban J connectivity index is 1.85. The minimum Gasteiger partial charge on any atom is -0.451 e. The summed E-state index contributed by atoms with van der Waals surface area (Å²) >= 11 is 0.476. The molecular formula is C38H54N2O21S3. The molecule has 1 aromatic rings. The maximum atomic E-state index is 13.1. The number of sulfonamides is 1. The molecule has 0 aliphatic carbocycles. The molecule has 0 fully saturated rings. The van der Waals surface area contributed by atoms with Crippen LogP contribution in [0.3, 0.4) is 0 Å². The molecule has 2 rings (SSSR count). The third-order valence-electron chi connectivity index (χ3n) is 8.89. The van der Waals surface area contributed by atoms with Crippen LogP contribution in [0.5, 0.6) is 0 Å². The lowest BCUT2D eigenvalue weighted by molar-refractivity contribution is -0.189. The number of thiophene rings is 1. The monoisotopic (exact) mass is 970 g/mol. The number of fused-ring (bicyclic) bond motifs is 1. The molecule has 10 atom stereocenters. The van der Waals surface area contributed by atoms with Gasteiger partial charge < -0.3 is 43.2 Å². The number of sulfone groups is 1. The first-order chi connectivity index (χ1) is 29.6. The van der Waals surface area contributed by atoms with Gasteiger partial charge in [-0.2, -0.15) is 0 Å². The molecule has 0 saturated carbocycles. The highest BCUT2D eigenvalue weighted by Gasteiger charge is 2.40. The summed E-state index contributed by atoms with van der Waals surface area (Å²) in [6.45, 7) is 14.2. The molecule has 64 heavy (non-hydrogen) atoms. The highest BCUT2D eigenvalue weighted by atomic mass is 32.3. The van der Waals surface area contributed by atoms with Crippen LogP contribution in [0.25, 0.3) is 0 Å². The molecule has 23 nitrogen and oxygen atoms in total. The lowest BCUT2D eigenvalue weighted by Crippen LogP contribution is -2.42. The van der Waals surface area contributed by atoms with Crippen molar-refractivity contribution in [3.05, 3.63) is 11.6 Å². The average Bonchev–Trinajstić information content (AvgIpc) is 3.68. The number of carbonyl (C=O) groups is 9. The van der Waals surface area contributed by atoms with Gasteiger partial charge >= 0.3 is 47.8 Å². The number of ether oxygens (including phenoxy) is 8. The molecule has 360 valence electrons. The molecule has 1 aliphatic rings. The van der Waals surface area contributed by atoms with E-state index >= 15 is 0 Å². The molecule has 0 bridgehead atoms. The van der Waals surface area contributed by atoms with Crippen molar-refractivity contribution < 1.29 is 97.9 Å². The molecule has 0 radical (unpaired) electrons. The van der Waals surface area contributed by atoms with Gasteiger partial charge in [0.2, 0.25) is 0 Å². The Morgan fingerprint density at radius 1 is 0.625 bits per heavy atom. The zero-order valence-corrected chi connectivity index (χ0v) is 39.4. The Labute approximate surface area is 373 Å². The van der Waals surface area contributed by atoms with Crippen LogP contribution in [-0.4, -0.2) is 131 Å². The van der Waals surface area contributed by atoms with E-state index in [1.54, 1.807) is 18.6 Å².